The molecule has 13 heavy (non-hydrogen) atoms. The average Bonchev–Trinajstić information content (AvgIpc) is 2.02. The zero-order valence-electron chi connectivity index (χ0n) is 7.96. The highest BCUT2D eigenvalue weighted by Crippen LogP contribution is 2.51. The average molecular weight is 182 g/mol. The third-order valence-electron chi connectivity index (χ3n) is 3.79. The van der Waals surface area contributed by atoms with Gasteiger partial charge >= 0.3 is 0 Å². The van der Waals surface area contributed by atoms with Crippen LogP contribution in [0, 0.1) is 11.8 Å². The van der Waals surface area contributed by atoms with E-state index >= 15 is 0 Å². The minimum Gasteiger partial charge on any atom is -0.370 e. The molecule has 3 atom stereocenters. The van der Waals surface area contributed by atoms with Crippen LogP contribution in [-0.2, 0) is 4.79 Å². The largest absolute Gasteiger partial charge is 0.370 e. The summed E-state index contributed by atoms with van der Waals surface area (Å²) in [5.74, 6) is 1.12. The van der Waals surface area contributed by atoms with Gasteiger partial charge in [-0.15, -0.1) is 0 Å². The van der Waals surface area contributed by atoms with Crippen molar-refractivity contribution >= 4 is 5.91 Å². The maximum atomic E-state index is 10.8. The molecule has 0 aromatic rings. The van der Waals surface area contributed by atoms with Gasteiger partial charge in [0.2, 0.25) is 5.91 Å². The number of fused-ring (bicyclic) bond motifs is 1. The van der Waals surface area contributed by atoms with Crippen molar-refractivity contribution in [2.75, 3.05) is 0 Å². The Kier molecular flexibility index (Phi) is 2.06. The maximum absolute atomic E-state index is 10.8. The van der Waals surface area contributed by atoms with Crippen molar-refractivity contribution in [1.29, 1.82) is 0 Å². The van der Waals surface area contributed by atoms with Crippen molar-refractivity contribution in [3.63, 3.8) is 0 Å². The quantitative estimate of drug-likeness (QED) is 0.662. The Hall–Kier alpha value is -0.570. The summed E-state index contributed by atoms with van der Waals surface area (Å²) >= 11 is 0. The molecule has 4 N–H and O–H groups in total. The summed E-state index contributed by atoms with van der Waals surface area (Å²) in [5, 5.41) is 0. The number of nitrogens with two attached hydrogens (primary N) is 2. The predicted octanol–water partition coefficient (Wildman–Crippen LogP) is 0.769. The lowest BCUT2D eigenvalue weighted by atomic mass is 9.53. The molecule has 2 fully saturated rings. The van der Waals surface area contributed by atoms with Gasteiger partial charge in [-0.05, 0) is 24.7 Å². The molecular weight excluding hydrogens is 164 g/mol. The van der Waals surface area contributed by atoms with Gasteiger partial charge in [0.25, 0.3) is 0 Å². The molecule has 0 heterocycles. The van der Waals surface area contributed by atoms with Crippen LogP contribution >= 0.6 is 0 Å². The summed E-state index contributed by atoms with van der Waals surface area (Å²) in [6.07, 6.45) is 6.53. The molecule has 3 nitrogen and oxygen atoms in total. The number of carbonyl (C=O) groups excluding carboxylic acids is 1. The third kappa shape index (κ3) is 1.46. The van der Waals surface area contributed by atoms with E-state index in [1.54, 1.807) is 0 Å². The first-order valence-electron chi connectivity index (χ1n) is 5.19. The Morgan fingerprint density at radius 1 is 1.38 bits per heavy atom. The minimum atomic E-state index is -0.244. The van der Waals surface area contributed by atoms with Crippen molar-refractivity contribution in [3.05, 3.63) is 0 Å². The number of rotatable bonds is 2. The second-order valence-corrected chi connectivity index (χ2v) is 4.73. The molecule has 2 rings (SSSR count). The highest BCUT2D eigenvalue weighted by Gasteiger charge is 2.51. The smallest absolute Gasteiger partial charge is 0.219 e. The lowest BCUT2D eigenvalue weighted by Crippen LogP contribution is -2.62. The summed E-state index contributed by atoms with van der Waals surface area (Å²) in [6.45, 7) is 0. The van der Waals surface area contributed by atoms with Crippen LogP contribution in [0.15, 0.2) is 0 Å². The molecule has 0 spiro atoms. The second-order valence-electron chi connectivity index (χ2n) is 4.73. The van der Waals surface area contributed by atoms with Crippen LogP contribution in [0.5, 0.6) is 0 Å². The molecule has 1 unspecified atom stereocenters. The van der Waals surface area contributed by atoms with E-state index < -0.39 is 0 Å². The topological polar surface area (TPSA) is 69.1 Å². The van der Waals surface area contributed by atoms with E-state index in [1.165, 1.54) is 25.7 Å². The highest BCUT2D eigenvalue weighted by molar-refractivity contribution is 5.75. The lowest BCUT2D eigenvalue weighted by molar-refractivity contribution is -0.122. The number of hydrogen-bond acceptors (Lipinski definition) is 2. The fraction of sp³-hybridized carbons (Fsp3) is 0.900. The summed E-state index contributed by atoms with van der Waals surface area (Å²) < 4.78 is 0. The van der Waals surface area contributed by atoms with E-state index in [1.807, 2.05) is 0 Å². The van der Waals surface area contributed by atoms with E-state index in [2.05, 4.69) is 0 Å². The van der Waals surface area contributed by atoms with Crippen LogP contribution in [0.4, 0.5) is 0 Å². The van der Waals surface area contributed by atoms with Crippen molar-refractivity contribution in [3.8, 4) is 0 Å². The van der Waals surface area contributed by atoms with Crippen LogP contribution in [0.25, 0.3) is 0 Å². The fourth-order valence-electron chi connectivity index (χ4n) is 3.22. The Morgan fingerprint density at radius 3 is 2.69 bits per heavy atom. The molecule has 2 saturated carbocycles. The van der Waals surface area contributed by atoms with Gasteiger partial charge in [-0.2, -0.15) is 0 Å². The van der Waals surface area contributed by atoms with Crippen molar-refractivity contribution < 1.29 is 4.79 Å². The molecule has 2 aliphatic carbocycles. The fourth-order valence-corrected chi connectivity index (χ4v) is 3.22. The van der Waals surface area contributed by atoms with E-state index in [0.717, 1.165) is 12.3 Å². The minimum absolute atomic E-state index is 0.239. The van der Waals surface area contributed by atoms with Gasteiger partial charge in [0.05, 0.1) is 0 Å². The number of carbonyl (C=O) groups is 1. The van der Waals surface area contributed by atoms with Crippen LogP contribution in [-0.4, -0.2) is 11.4 Å². The third-order valence-corrected chi connectivity index (χ3v) is 3.79. The molecule has 0 aliphatic heterocycles. The van der Waals surface area contributed by atoms with Crippen molar-refractivity contribution in [1.82, 2.24) is 0 Å². The normalized spacial score (nSPS) is 43.5. The molecule has 0 aromatic carbocycles. The molecule has 74 valence electrons. The number of amides is 1. The van der Waals surface area contributed by atoms with E-state index in [0.29, 0.717) is 12.3 Å². The van der Waals surface area contributed by atoms with Crippen LogP contribution in [0.1, 0.15) is 38.5 Å². The molecule has 0 saturated heterocycles. The van der Waals surface area contributed by atoms with Gasteiger partial charge in [-0.3, -0.25) is 4.79 Å². The van der Waals surface area contributed by atoms with Gasteiger partial charge in [-0.25, -0.2) is 0 Å². The van der Waals surface area contributed by atoms with Gasteiger partial charge in [-0.1, -0.05) is 19.3 Å². The monoisotopic (exact) mass is 182 g/mol. The predicted molar refractivity (Wildman–Crippen MR) is 50.8 cm³/mol. The van der Waals surface area contributed by atoms with E-state index in [-0.39, 0.29) is 11.4 Å². The first-order valence-corrected chi connectivity index (χ1v) is 5.19. The second kappa shape index (κ2) is 2.98. The van der Waals surface area contributed by atoms with Gasteiger partial charge < -0.3 is 11.5 Å². The SMILES string of the molecule is NC(=O)CC1(N)C[C@H]2CCCC[C@H]21. The summed E-state index contributed by atoms with van der Waals surface area (Å²) in [6, 6.07) is 0. The summed E-state index contributed by atoms with van der Waals surface area (Å²) in [7, 11) is 0. The molecule has 0 aromatic heterocycles. The van der Waals surface area contributed by atoms with E-state index in [4.69, 9.17) is 11.5 Å². The highest BCUT2D eigenvalue weighted by atomic mass is 16.1. The standard InChI is InChI=1S/C10H18N2O/c11-9(13)6-10(12)5-7-3-1-2-4-8(7)10/h7-8H,1-6,12H2,(H2,11,13)/t7-,8-,10?/m1/s1. The zero-order chi connectivity index (χ0) is 9.47. The van der Waals surface area contributed by atoms with Crippen molar-refractivity contribution in [2.45, 2.75) is 44.1 Å². The van der Waals surface area contributed by atoms with Gasteiger partial charge in [0.1, 0.15) is 0 Å². The maximum Gasteiger partial charge on any atom is 0.219 e. The van der Waals surface area contributed by atoms with E-state index in [9.17, 15) is 4.79 Å². The summed E-state index contributed by atoms with van der Waals surface area (Å²) in [4.78, 5) is 10.8. The lowest BCUT2D eigenvalue weighted by Gasteiger charge is -2.55. The first-order chi connectivity index (χ1) is 6.12. The van der Waals surface area contributed by atoms with Crippen LogP contribution < -0.4 is 11.5 Å². The molecule has 0 bridgehead atoms. The van der Waals surface area contributed by atoms with Crippen LogP contribution in [0.3, 0.4) is 0 Å². The molecule has 2 aliphatic rings. The number of primary amides is 1. The zero-order valence-corrected chi connectivity index (χ0v) is 7.96. The molecule has 3 heteroatoms. The molecular formula is C10H18N2O. The van der Waals surface area contributed by atoms with Crippen molar-refractivity contribution in [2.24, 2.45) is 23.3 Å². The first kappa shape index (κ1) is 9.00. The Bertz CT molecular complexity index is 229. The molecule has 0 radical (unpaired) electrons. The number of hydrogen-bond donors (Lipinski definition) is 2. The van der Waals surface area contributed by atoms with Gasteiger partial charge in [0.15, 0.2) is 0 Å². The molecule has 1 amide bonds. The van der Waals surface area contributed by atoms with Crippen LogP contribution in [0.2, 0.25) is 0 Å². The Balaban J connectivity index is 1.98. The Morgan fingerprint density at radius 2 is 2.08 bits per heavy atom. The Labute approximate surface area is 78.9 Å². The van der Waals surface area contributed by atoms with Gasteiger partial charge in [0, 0.05) is 12.0 Å². The summed E-state index contributed by atoms with van der Waals surface area (Å²) in [5.41, 5.74) is 11.1.